The zero-order chi connectivity index (χ0) is 18.8. The van der Waals surface area contributed by atoms with Crippen LogP contribution in [0.15, 0.2) is 16.6 Å². The molecule has 0 aliphatic carbocycles. The molecule has 0 saturated carbocycles. The molecule has 6 nitrogen and oxygen atoms in total. The van der Waals surface area contributed by atoms with E-state index >= 15 is 0 Å². The molecular formula is C18H25BrN2O4. The maximum atomic E-state index is 12.2. The molecule has 0 bridgehead atoms. The summed E-state index contributed by atoms with van der Waals surface area (Å²) in [5.41, 5.74) is 1.91. The lowest BCUT2D eigenvalue weighted by Gasteiger charge is -2.37. The van der Waals surface area contributed by atoms with Crippen molar-refractivity contribution in [2.75, 3.05) is 38.2 Å². The summed E-state index contributed by atoms with van der Waals surface area (Å²) in [6.07, 6.45) is -0.275. The van der Waals surface area contributed by atoms with Crippen LogP contribution in [0.4, 0.5) is 10.5 Å². The number of hydrogen-bond acceptors (Lipinski definition) is 5. The lowest BCUT2D eigenvalue weighted by molar-refractivity contribution is 0.0240. The van der Waals surface area contributed by atoms with E-state index in [0.717, 1.165) is 15.7 Å². The van der Waals surface area contributed by atoms with Gasteiger partial charge in [0.05, 0.1) is 18.4 Å². The first kappa shape index (κ1) is 19.6. The summed E-state index contributed by atoms with van der Waals surface area (Å²) in [4.78, 5) is 27.9. The molecule has 0 radical (unpaired) electrons. The minimum atomic E-state index is -0.488. The molecule has 1 aromatic rings. The Morgan fingerprint density at radius 1 is 1.12 bits per heavy atom. The molecule has 0 unspecified atom stereocenters. The summed E-state index contributed by atoms with van der Waals surface area (Å²) in [6, 6.07) is 3.69. The zero-order valence-electron chi connectivity index (χ0n) is 15.4. The third kappa shape index (κ3) is 4.66. The highest BCUT2D eigenvalue weighted by Crippen LogP contribution is 2.32. The summed E-state index contributed by atoms with van der Waals surface area (Å²) in [6.45, 7) is 10.1. The lowest BCUT2D eigenvalue weighted by atomic mass is 10.1. The molecule has 138 valence electrons. The van der Waals surface area contributed by atoms with E-state index in [1.165, 1.54) is 7.11 Å². The zero-order valence-corrected chi connectivity index (χ0v) is 17.0. The Labute approximate surface area is 157 Å². The van der Waals surface area contributed by atoms with Crippen molar-refractivity contribution in [1.82, 2.24) is 4.90 Å². The van der Waals surface area contributed by atoms with Gasteiger partial charge in [0.25, 0.3) is 0 Å². The smallest absolute Gasteiger partial charge is 0.410 e. The van der Waals surface area contributed by atoms with Gasteiger partial charge in [0.2, 0.25) is 0 Å². The summed E-state index contributed by atoms with van der Waals surface area (Å²) >= 11 is 3.59. The quantitative estimate of drug-likeness (QED) is 0.694. The number of piperazine rings is 1. The molecule has 1 aliphatic rings. The van der Waals surface area contributed by atoms with Crippen LogP contribution in [0, 0.1) is 6.92 Å². The normalized spacial score (nSPS) is 15.1. The van der Waals surface area contributed by atoms with E-state index in [9.17, 15) is 9.59 Å². The first-order valence-corrected chi connectivity index (χ1v) is 9.03. The Bertz CT molecular complexity index is 662. The lowest BCUT2D eigenvalue weighted by Crippen LogP contribution is -2.50. The van der Waals surface area contributed by atoms with Gasteiger partial charge in [-0.05, 0) is 61.3 Å². The molecule has 2 rings (SSSR count). The van der Waals surface area contributed by atoms with Gasteiger partial charge in [-0.25, -0.2) is 9.59 Å². The number of ether oxygens (including phenoxy) is 2. The van der Waals surface area contributed by atoms with E-state index in [0.29, 0.717) is 31.7 Å². The molecule has 1 saturated heterocycles. The molecule has 1 fully saturated rings. The summed E-state index contributed by atoms with van der Waals surface area (Å²) in [5.74, 6) is -0.348. The number of esters is 1. The monoisotopic (exact) mass is 412 g/mol. The maximum absolute atomic E-state index is 12.2. The number of carbonyl (C=O) groups is 2. The van der Waals surface area contributed by atoms with E-state index in [-0.39, 0.29) is 12.1 Å². The van der Waals surface area contributed by atoms with Gasteiger partial charge in [-0.15, -0.1) is 0 Å². The average molecular weight is 413 g/mol. The van der Waals surface area contributed by atoms with Crippen LogP contribution in [0.2, 0.25) is 0 Å². The van der Waals surface area contributed by atoms with Gasteiger partial charge in [-0.2, -0.15) is 0 Å². The molecule has 25 heavy (non-hydrogen) atoms. The van der Waals surface area contributed by atoms with E-state index in [4.69, 9.17) is 9.47 Å². The largest absolute Gasteiger partial charge is 0.465 e. The second-order valence-corrected chi connectivity index (χ2v) is 7.81. The Morgan fingerprint density at radius 3 is 2.24 bits per heavy atom. The Hall–Kier alpha value is -1.76. The van der Waals surface area contributed by atoms with E-state index in [2.05, 4.69) is 20.8 Å². The summed E-state index contributed by atoms with van der Waals surface area (Å²) in [5, 5.41) is 0. The molecule has 0 aromatic heterocycles. The molecule has 1 aromatic carbocycles. The fourth-order valence-electron chi connectivity index (χ4n) is 2.70. The second kappa shape index (κ2) is 7.64. The average Bonchev–Trinajstić information content (AvgIpc) is 2.55. The van der Waals surface area contributed by atoms with E-state index in [1.807, 2.05) is 33.8 Å². The van der Waals surface area contributed by atoms with Crippen molar-refractivity contribution in [2.45, 2.75) is 33.3 Å². The third-order valence-corrected chi connectivity index (χ3v) is 5.04. The third-order valence-electron chi connectivity index (χ3n) is 4.04. The molecule has 1 amide bonds. The Balaban J connectivity index is 2.07. The van der Waals surface area contributed by atoms with Crippen molar-refractivity contribution < 1.29 is 19.1 Å². The molecule has 0 atom stereocenters. The maximum Gasteiger partial charge on any atom is 0.410 e. The van der Waals surface area contributed by atoms with Crippen LogP contribution in [0.5, 0.6) is 0 Å². The SMILES string of the molecule is COC(=O)c1ccc(N2CCN(C(=O)OC(C)(C)C)CC2)c(Br)c1C. The van der Waals surface area contributed by atoms with E-state index in [1.54, 1.807) is 11.0 Å². The van der Waals surface area contributed by atoms with Crippen molar-refractivity contribution >= 4 is 33.7 Å². The minimum absolute atomic E-state index is 0.275. The minimum Gasteiger partial charge on any atom is -0.465 e. The van der Waals surface area contributed by atoms with Crippen molar-refractivity contribution in [3.8, 4) is 0 Å². The molecule has 1 aliphatic heterocycles. The number of hydrogen-bond donors (Lipinski definition) is 0. The number of halogens is 1. The Morgan fingerprint density at radius 2 is 1.72 bits per heavy atom. The fourth-order valence-corrected chi connectivity index (χ4v) is 3.30. The summed E-state index contributed by atoms with van der Waals surface area (Å²) < 4.78 is 11.1. The van der Waals surface area contributed by atoms with E-state index < -0.39 is 5.60 Å². The summed E-state index contributed by atoms with van der Waals surface area (Å²) in [7, 11) is 1.37. The highest BCUT2D eigenvalue weighted by molar-refractivity contribution is 9.10. The highest BCUT2D eigenvalue weighted by atomic mass is 79.9. The van der Waals surface area contributed by atoms with Crippen LogP contribution in [0.25, 0.3) is 0 Å². The number of amides is 1. The molecule has 0 spiro atoms. The van der Waals surface area contributed by atoms with Crippen molar-refractivity contribution in [1.29, 1.82) is 0 Å². The van der Waals surface area contributed by atoms with Gasteiger partial charge in [0.1, 0.15) is 5.60 Å². The highest BCUT2D eigenvalue weighted by Gasteiger charge is 2.27. The van der Waals surface area contributed by atoms with Crippen LogP contribution in [0.1, 0.15) is 36.7 Å². The van der Waals surface area contributed by atoms with Gasteiger partial charge in [-0.3, -0.25) is 0 Å². The number of benzene rings is 1. The fraction of sp³-hybridized carbons (Fsp3) is 0.556. The van der Waals surface area contributed by atoms with Crippen LogP contribution >= 0.6 is 15.9 Å². The predicted molar refractivity (Wildman–Crippen MR) is 100 cm³/mol. The van der Waals surface area contributed by atoms with Gasteiger partial charge in [-0.1, -0.05) is 0 Å². The first-order chi connectivity index (χ1) is 11.6. The number of nitrogens with zero attached hydrogens (tertiary/aromatic N) is 2. The molecule has 7 heteroatoms. The van der Waals surface area contributed by atoms with Gasteiger partial charge in [0, 0.05) is 30.7 Å². The second-order valence-electron chi connectivity index (χ2n) is 7.02. The van der Waals surface area contributed by atoms with Crippen LogP contribution < -0.4 is 4.90 Å². The molecule has 1 heterocycles. The standard InChI is InChI=1S/C18H25BrN2O4/c1-12-13(16(22)24-5)6-7-14(15(12)19)20-8-10-21(11-9-20)17(23)25-18(2,3)4/h6-7H,8-11H2,1-5H3. The van der Waals surface area contributed by atoms with Crippen molar-refractivity contribution in [2.24, 2.45) is 0 Å². The molecular weight excluding hydrogens is 388 g/mol. The first-order valence-electron chi connectivity index (χ1n) is 8.24. The van der Waals surface area contributed by atoms with Crippen LogP contribution in [-0.2, 0) is 9.47 Å². The number of anilines is 1. The van der Waals surface area contributed by atoms with Gasteiger partial charge >= 0.3 is 12.1 Å². The van der Waals surface area contributed by atoms with Gasteiger partial charge < -0.3 is 19.3 Å². The number of carbonyl (C=O) groups excluding carboxylic acids is 2. The molecule has 0 N–H and O–H groups in total. The number of rotatable bonds is 2. The van der Waals surface area contributed by atoms with Crippen LogP contribution in [0.3, 0.4) is 0 Å². The predicted octanol–water partition coefficient (Wildman–Crippen LogP) is 3.60. The van der Waals surface area contributed by atoms with Crippen molar-refractivity contribution in [3.05, 3.63) is 27.7 Å². The Kier molecular flexibility index (Phi) is 5.98. The van der Waals surface area contributed by atoms with Crippen LogP contribution in [-0.4, -0.2) is 55.9 Å². The topological polar surface area (TPSA) is 59.1 Å². The van der Waals surface area contributed by atoms with Gasteiger partial charge in [0.15, 0.2) is 0 Å². The van der Waals surface area contributed by atoms with Crippen molar-refractivity contribution in [3.63, 3.8) is 0 Å². The number of methoxy groups -OCH3 is 1.